The van der Waals surface area contributed by atoms with Crippen LogP contribution in [-0.2, 0) is 43.1 Å². The second-order valence-corrected chi connectivity index (χ2v) is 5.57. The molecule has 11 heteroatoms. The van der Waals surface area contributed by atoms with Crippen LogP contribution in [0.15, 0.2) is 0 Å². The molecule has 0 aromatic rings. The first-order chi connectivity index (χ1) is 10.8. The standard InChI is InChI=1S/C12H20O10S/c1-3-18-10(13)9(11(14)19-4-2)12-20-6-5-8(22-12)7-21-23(15,16)17/h8-9,12H,3-7H2,1-2H3,(H,15,16,17)/t8-,12?/m0/s1. The van der Waals surface area contributed by atoms with Crippen LogP contribution in [0.5, 0.6) is 0 Å². The highest BCUT2D eigenvalue weighted by atomic mass is 32.3. The Morgan fingerprint density at radius 3 is 2.26 bits per heavy atom. The van der Waals surface area contributed by atoms with E-state index in [1.807, 2.05) is 0 Å². The number of esters is 2. The number of hydrogen-bond donors (Lipinski definition) is 1. The second-order valence-electron chi connectivity index (χ2n) is 4.48. The maximum Gasteiger partial charge on any atom is 0.397 e. The Bertz CT molecular complexity index is 484. The van der Waals surface area contributed by atoms with Crippen LogP contribution in [0.3, 0.4) is 0 Å². The van der Waals surface area contributed by atoms with E-state index in [2.05, 4.69) is 4.18 Å². The molecule has 0 aliphatic carbocycles. The molecular formula is C12H20O10S. The molecule has 1 unspecified atom stereocenters. The van der Waals surface area contributed by atoms with E-state index in [-0.39, 0.29) is 26.2 Å². The predicted octanol–water partition coefficient (Wildman–Crippen LogP) is -0.320. The van der Waals surface area contributed by atoms with Gasteiger partial charge >= 0.3 is 22.3 Å². The minimum Gasteiger partial charge on any atom is -0.465 e. The Balaban J connectivity index is 2.76. The maximum atomic E-state index is 11.9. The SMILES string of the molecule is CCOC(=O)C(C(=O)OCC)C1OCC[C@@H](COS(=O)(=O)O)O1. The van der Waals surface area contributed by atoms with Gasteiger partial charge in [0.05, 0.1) is 32.5 Å². The third-order valence-corrected chi connectivity index (χ3v) is 3.24. The number of hydrogen-bond acceptors (Lipinski definition) is 9. The molecule has 0 saturated carbocycles. The van der Waals surface area contributed by atoms with E-state index >= 15 is 0 Å². The molecule has 1 N–H and O–H groups in total. The summed E-state index contributed by atoms with van der Waals surface area (Å²) in [7, 11) is -4.62. The van der Waals surface area contributed by atoms with Crippen molar-refractivity contribution in [1.29, 1.82) is 0 Å². The summed E-state index contributed by atoms with van der Waals surface area (Å²) >= 11 is 0. The van der Waals surface area contributed by atoms with Gasteiger partial charge in [-0.1, -0.05) is 0 Å². The number of carbonyl (C=O) groups excluding carboxylic acids is 2. The van der Waals surface area contributed by atoms with E-state index in [4.69, 9.17) is 23.5 Å². The molecule has 0 bridgehead atoms. The Morgan fingerprint density at radius 1 is 1.22 bits per heavy atom. The average molecular weight is 356 g/mol. The fraction of sp³-hybridized carbons (Fsp3) is 0.833. The molecule has 0 amide bonds. The van der Waals surface area contributed by atoms with Gasteiger partial charge in [0.2, 0.25) is 5.92 Å². The van der Waals surface area contributed by atoms with Gasteiger partial charge in [-0.25, -0.2) is 4.18 Å². The molecule has 23 heavy (non-hydrogen) atoms. The molecule has 0 aromatic heterocycles. The van der Waals surface area contributed by atoms with Gasteiger partial charge in [0.15, 0.2) is 6.29 Å². The first-order valence-corrected chi connectivity index (χ1v) is 8.37. The van der Waals surface area contributed by atoms with Crippen molar-refractivity contribution in [2.75, 3.05) is 26.4 Å². The van der Waals surface area contributed by atoms with Crippen LogP contribution in [0.25, 0.3) is 0 Å². The lowest BCUT2D eigenvalue weighted by molar-refractivity contribution is -0.244. The molecule has 10 nitrogen and oxygen atoms in total. The van der Waals surface area contributed by atoms with Gasteiger partial charge in [-0.2, -0.15) is 8.42 Å². The minimum atomic E-state index is -4.62. The summed E-state index contributed by atoms with van der Waals surface area (Å²) in [6.45, 7) is 2.88. The van der Waals surface area contributed by atoms with Crippen LogP contribution in [0, 0.1) is 5.92 Å². The Labute approximate surface area is 133 Å². The molecular weight excluding hydrogens is 336 g/mol. The van der Waals surface area contributed by atoms with E-state index in [1.54, 1.807) is 13.8 Å². The van der Waals surface area contributed by atoms with Gasteiger partial charge in [0.25, 0.3) is 0 Å². The van der Waals surface area contributed by atoms with Gasteiger partial charge in [-0.3, -0.25) is 14.1 Å². The Morgan fingerprint density at radius 2 is 1.78 bits per heavy atom. The van der Waals surface area contributed by atoms with Crippen LogP contribution in [-0.4, -0.2) is 63.7 Å². The lowest BCUT2D eigenvalue weighted by Crippen LogP contribution is -2.46. The Kier molecular flexibility index (Phi) is 7.85. The van der Waals surface area contributed by atoms with Crippen LogP contribution in [0.1, 0.15) is 20.3 Å². The second kappa shape index (κ2) is 9.13. The van der Waals surface area contributed by atoms with Crippen LogP contribution in [0.4, 0.5) is 0 Å². The molecule has 0 spiro atoms. The molecule has 0 radical (unpaired) electrons. The highest BCUT2D eigenvalue weighted by Gasteiger charge is 2.42. The van der Waals surface area contributed by atoms with Gasteiger partial charge in [0.1, 0.15) is 0 Å². The van der Waals surface area contributed by atoms with Crippen molar-refractivity contribution in [1.82, 2.24) is 0 Å². The summed E-state index contributed by atoms with van der Waals surface area (Å²) in [6.07, 6.45) is -1.83. The highest BCUT2D eigenvalue weighted by Crippen LogP contribution is 2.22. The van der Waals surface area contributed by atoms with E-state index in [1.165, 1.54) is 0 Å². The molecule has 0 aromatic carbocycles. The first kappa shape index (κ1) is 19.8. The summed E-state index contributed by atoms with van der Waals surface area (Å²) in [5.74, 6) is -3.19. The zero-order valence-electron chi connectivity index (χ0n) is 12.8. The summed E-state index contributed by atoms with van der Waals surface area (Å²) < 4.78 is 54.1. The lowest BCUT2D eigenvalue weighted by Gasteiger charge is -2.32. The van der Waals surface area contributed by atoms with Crippen molar-refractivity contribution in [2.45, 2.75) is 32.7 Å². The van der Waals surface area contributed by atoms with Crippen LogP contribution < -0.4 is 0 Å². The number of rotatable bonds is 8. The topological polar surface area (TPSA) is 135 Å². The predicted molar refractivity (Wildman–Crippen MR) is 73.5 cm³/mol. The van der Waals surface area contributed by atoms with Crippen LogP contribution in [0.2, 0.25) is 0 Å². The van der Waals surface area contributed by atoms with Gasteiger partial charge in [-0.15, -0.1) is 0 Å². The Hall–Kier alpha value is -1.27. The molecule has 1 fully saturated rings. The van der Waals surface area contributed by atoms with E-state index < -0.39 is 47.3 Å². The number of carbonyl (C=O) groups is 2. The summed E-state index contributed by atoms with van der Waals surface area (Å²) in [4.78, 5) is 23.9. The molecule has 1 aliphatic heterocycles. The van der Waals surface area contributed by atoms with Crippen molar-refractivity contribution < 1.29 is 45.7 Å². The quantitative estimate of drug-likeness (QED) is 0.350. The van der Waals surface area contributed by atoms with E-state index in [0.717, 1.165) is 0 Å². The van der Waals surface area contributed by atoms with Crippen LogP contribution >= 0.6 is 0 Å². The van der Waals surface area contributed by atoms with Gasteiger partial charge in [-0.05, 0) is 20.3 Å². The normalized spacial score (nSPS) is 21.9. The molecule has 1 heterocycles. The minimum absolute atomic E-state index is 0.0523. The number of ether oxygens (including phenoxy) is 4. The highest BCUT2D eigenvalue weighted by molar-refractivity contribution is 7.80. The van der Waals surface area contributed by atoms with Crippen molar-refractivity contribution in [3.05, 3.63) is 0 Å². The average Bonchev–Trinajstić information content (AvgIpc) is 2.46. The van der Waals surface area contributed by atoms with Gasteiger partial charge in [0, 0.05) is 0 Å². The van der Waals surface area contributed by atoms with Gasteiger partial charge < -0.3 is 18.9 Å². The molecule has 134 valence electrons. The first-order valence-electron chi connectivity index (χ1n) is 7.00. The molecule has 1 saturated heterocycles. The monoisotopic (exact) mass is 356 g/mol. The molecule has 1 aliphatic rings. The third-order valence-electron chi connectivity index (χ3n) is 2.80. The van der Waals surface area contributed by atoms with Crippen molar-refractivity contribution in [2.24, 2.45) is 5.92 Å². The molecule has 1 rings (SSSR count). The van der Waals surface area contributed by atoms with Crippen molar-refractivity contribution in [3.8, 4) is 0 Å². The zero-order valence-corrected chi connectivity index (χ0v) is 13.6. The van der Waals surface area contributed by atoms with Crippen molar-refractivity contribution in [3.63, 3.8) is 0 Å². The summed E-state index contributed by atoms with van der Waals surface area (Å²) in [5.41, 5.74) is 0. The van der Waals surface area contributed by atoms with E-state index in [0.29, 0.717) is 0 Å². The third kappa shape index (κ3) is 6.79. The summed E-state index contributed by atoms with van der Waals surface area (Å²) in [6, 6.07) is 0. The smallest absolute Gasteiger partial charge is 0.397 e. The lowest BCUT2D eigenvalue weighted by atomic mass is 10.1. The molecule has 2 atom stereocenters. The fourth-order valence-corrected chi connectivity index (χ4v) is 2.18. The van der Waals surface area contributed by atoms with Crippen molar-refractivity contribution >= 4 is 22.3 Å². The zero-order chi connectivity index (χ0) is 17.5. The maximum absolute atomic E-state index is 11.9. The van der Waals surface area contributed by atoms with E-state index in [9.17, 15) is 18.0 Å². The summed E-state index contributed by atoms with van der Waals surface area (Å²) in [5, 5.41) is 0. The largest absolute Gasteiger partial charge is 0.465 e. The fourth-order valence-electron chi connectivity index (χ4n) is 1.85.